The van der Waals surface area contributed by atoms with Crippen LogP contribution in [-0.2, 0) is 47.7 Å². The molecule has 1 aliphatic rings. The molecular weight excluding hydrogens is 525 g/mol. The van der Waals surface area contributed by atoms with Gasteiger partial charge in [0.2, 0.25) is 12.2 Å². The molecule has 2 rings (SSSR count). The Balaban J connectivity index is 2.29. The first-order valence-corrected chi connectivity index (χ1v) is 11.3. The Morgan fingerprint density at radius 2 is 1.56 bits per heavy atom. The lowest BCUT2D eigenvalue weighted by atomic mass is 9.96. The van der Waals surface area contributed by atoms with Crippen LogP contribution in [0.3, 0.4) is 0 Å². The number of nitrogens with one attached hydrogen (secondary N) is 1. The number of carbonyl (C=O) groups is 5. The lowest BCUT2D eigenvalue weighted by Gasteiger charge is -2.44. The quantitative estimate of drug-likeness (QED) is 0.352. The fraction of sp³-hybridized carbons (Fsp3) is 0.500. The SMILES string of the molecule is CC(=O)N[C@@H]1[C@H](OC(=O)COc2ccc(Cl)cc2Cl)O[C@H](COC(C)=O)[C@H](OC(C)=O)[C@@H]1OC(C)=O. The largest absolute Gasteiger partial charge is 0.480 e. The lowest BCUT2D eigenvalue weighted by Crippen LogP contribution is -2.66. The van der Waals surface area contributed by atoms with Crippen LogP contribution >= 0.6 is 23.2 Å². The smallest absolute Gasteiger partial charge is 0.346 e. The molecule has 5 atom stereocenters. The molecule has 36 heavy (non-hydrogen) atoms. The van der Waals surface area contributed by atoms with E-state index in [-0.39, 0.29) is 10.8 Å². The van der Waals surface area contributed by atoms with E-state index in [2.05, 4.69) is 5.32 Å². The van der Waals surface area contributed by atoms with E-state index in [0.717, 1.165) is 20.8 Å². The highest BCUT2D eigenvalue weighted by Crippen LogP contribution is 2.29. The molecule has 0 radical (unpaired) electrons. The monoisotopic (exact) mass is 549 g/mol. The Morgan fingerprint density at radius 1 is 0.917 bits per heavy atom. The molecule has 0 aliphatic carbocycles. The van der Waals surface area contributed by atoms with Crippen molar-refractivity contribution in [3.05, 3.63) is 28.2 Å². The molecular formula is C22H25Cl2NO11. The van der Waals surface area contributed by atoms with E-state index < -0.39 is 73.6 Å². The Kier molecular flexibility index (Phi) is 10.8. The van der Waals surface area contributed by atoms with Crippen LogP contribution in [0.5, 0.6) is 5.75 Å². The van der Waals surface area contributed by atoms with E-state index in [1.54, 1.807) is 0 Å². The molecule has 0 bridgehead atoms. The summed E-state index contributed by atoms with van der Waals surface area (Å²) in [6.07, 6.45) is -5.46. The van der Waals surface area contributed by atoms with Crippen LogP contribution in [0.2, 0.25) is 10.0 Å². The van der Waals surface area contributed by atoms with Gasteiger partial charge in [0.25, 0.3) is 0 Å². The van der Waals surface area contributed by atoms with Gasteiger partial charge in [0.15, 0.2) is 18.8 Å². The summed E-state index contributed by atoms with van der Waals surface area (Å²) in [5.41, 5.74) is 0. The van der Waals surface area contributed by atoms with Gasteiger partial charge in [-0.05, 0) is 18.2 Å². The molecule has 1 amide bonds. The first kappa shape index (κ1) is 29.1. The normalized spacial score (nSPS) is 23.1. The molecule has 1 aliphatic heterocycles. The highest BCUT2D eigenvalue weighted by atomic mass is 35.5. The summed E-state index contributed by atoms with van der Waals surface area (Å²) in [6, 6.07) is 3.07. The third-order valence-electron chi connectivity index (χ3n) is 4.56. The Morgan fingerprint density at radius 3 is 2.11 bits per heavy atom. The van der Waals surface area contributed by atoms with Crippen molar-refractivity contribution in [3.8, 4) is 5.75 Å². The number of amides is 1. The standard InChI is InChI=1S/C22H25Cl2NO11/c1-10(26)25-19-21(34-13(4)29)20(33-12(3)28)17(8-31-11(2)27)35-22(19)36-18(30)9-32-16-6-5-14(23)7-15(16)24/h5-7,17,19-22H,8-9H2,1-4H3,(H,25,26)/t17-,19+,20+,21-,22+/m1/s1. The molecule has 0 aromatic heterocycles. The van der Waals surface area contributed by atoms with Crippen molar-refractivity contribution in [1.29, 1.82) is 0 Å². The number of esters is 4. The van der Waals surface area contributed by atoms with Crippen molar-refractivity contribution in [2.75, 3.05) is 13.2 Å². The molecule has 0 saturated carbocycles. The second-order valence-corrected chi connectivity index (χ2v) is 8.42. The number of hydrogen-bond acceptors (Lipinski definition) is 11. The molecule has 1 aromatic carbocycles. The summed E-state index contributed by atoms with van der Waals surface area (Å²) in [5.74, 6) is -3.60. The number of halogens is 2. The van der Waals surface area contributed by atoms with Gasteiger partial charge < -0.3 is 33.7 Å². The Hall–Kier alpha value is -3.09. The van der Waals surface area contributed by atoms with Crippen LogP contribution in [0.1, 0.15) is 27.7 Å². The fourth-order valence-electron chi connectivity index (χ4n) is 3.28. The Labute approximate surface area is 216 Å². The molecule has 0 unspecified atom stereocenters. The van der Waals surface area contributed by atoms with Gasteiger partial charge in [-0.2, -0.15) is 0 Å². The van der Waals surface area contributed by atoms with Crippen LogP contribution < -0.4 is 10.1 Å². The number of carbonyl (C=O) groups excluding carboxylic acids is 5. The van der Waals surface area contributed by atoms with Gasteiger partial charge >= 0.3 is 23.9 Å². The molecule has 12 nitrogen and oxygen atoms in total. The fourth-order valence-corrected chi connectivity index (χ4v) is 3.75. The number of benzene rings is 1. The molecule has 198 valence electrons. The maximum atomic E-state index is 12.6. The number of rotatable bonds is 9. The van der Waals surface area contributed by atoms with Crippen molar-refractivity contribution in [2.24, 2.45) is 0 Å². The predicted molar refractivity (Wildman–Crippen MR) is 122 cm³/mol. The molecule has 1 saturated heterocycles. The van der Waals surface area contributed by atoms with E-state index in [0.29, 0.717) is 5.02 Å². The van der Waals surface area contributed by atoms with E-state index in [4.69, 9.17) is 51.6 Å². The summed E-state index contributed by atoms with van der Waals surface area (Å²) in [7, 11) is 0. The van der Waals surface area contributed by atoms with E-state index >= 15 is 0 Å². The van der Waals surface area contributed by atoms with Crippen LogP contribution in [0.25, 0.3) is 0 Å². The zero-order chi connectivity index (χ0) is 27.0. The minimum Gasteiger partial charge on any atom is -0.480 e. The molecule has 0 spiro atoms. The van der Waals surface area contributed by atoms with E-state index in [1.165, 1.54) is 25.1 Å². The molecule has 1 aromatic rings. The Bertz CT molecular complexity index is 1000. The van der Waals surface area contributed by atoms with Crippen LogP contribution in [0.15, 0.2) is 18.2 Å². The first-order chi connectivity index (χ1) is 16.9. The molecule has 1 heterocycles. The summed E-state index contributed by atoms with van der Waals surface area (Å²) in [5, 5.41) is 2.99. The lowest BCUT2D eigenvalue weighted by molar-refractivity contribution is -0.272. The average Bonchev–Trinajstić information content (AvgIpc) is 2.75. The van der Waals surface area contributed by atoms with Crippen LogP contribution in [0, 0.1) is 0 Å². The first-order valence-electron chi connectivity index (χ1n) is 10.5. The van der Waals surface area contributed by atoms with Crippen LogP contribution in [-0.4, -0.2) is 73.6 Å². The minimum absolute atomic E-state index is 0.154. The van der Waals surface area contributed by atoms with Gasteiger partial charge in [0.05, 0.1) is 5.02 Å². The molecule has 14 heteroatoms. The second-order valence-electron chi connectivity index (χ2n) is 7.57. The van der Waals surface area contributed by atoms with Crippen molar-refractivity contribution in [1.82, 2.24) is 5.32 Å². The molecule has 1 N–H and O–H groups in total. The van der Waals surface area contributed by atoms with Gasteiger partial charge in [0, 0.05) is 32.7 Å². The number of hydrogen-bond donors (Lipinski definition) is 1. The topological polar surface area (TPSA) is 153 Å². The summed E-state index contributed by atoms with van der Waals surface area (Å²) < 4.78 is 32.0. The van der Waals surface area contributed by atoms with Gasteiger partial charge in [-0.25, -0.2) is 4.79 Å². The van der Waals surface area contributed by atoms with E-state index in [1.807, 2.05) is 0 Å². The highest BCUT2D eigenvalue weighted by molar-refractivity contribution is 6.35. The van der Waals surface area contributed by atoms with Gasteiger partial charge in [0.1, 0.15) is 24.5 Å². The summed E-state index contributed by atoms with van der Waals surface area (Å²) in [4.78, 5) is 59.4. The number of ether oxygens (including phenoxy) is 6. The maximum absolute atomic E-state index is 12.6. The van der Waals surface area contributed by atoms with E-state index in [9.17, 15) is 24.0 Å². The van der Waals surface area contributed by atoms with Crippen LogP contribution in [0.4, 0.5) is 0 Å². The van der Waals surface area contributed by atoms with Crippen molar-refractivity contribution in [2.45, 2.75) is 58.3 Å². The average molecular weight is 550 g/mol. The van der Waals surface area contributed by atoms with Gasteiger partial charge in [-0.3, -0.25) is 19.2 Å². The third-order valence-corrected chi connectivity index (χ3v) is 5.09. The highest BCUT2D eigenvalue weighted by Gasteiger charge is 2.52. The second kappa shape index (κ2) is 13.3. The third kappa shape index (κ3) is 8.85. The summed E-state index contributed by atoms with van der Waals surface area (Å²) in [6.45, 7) is 3.45. The van der Waals surface area contributed by atoms with Crippen molar-refractivity contribution in [3.63, 3.8) is 0 Å². The van der Waals surface area contributed by atoms with Crippen molar-refractivity contribution >= 4 is 53.0 Å². The predicted octanol–water partition coefficient (Wildman–Crippen LogP) is 1.57. The molecule has 1 fully saturated rings. The minimum atomic E-state index is -1.55. The maximum Gasteiger partial charge on any atom is 0.346 e. The summed E-state index contributed by atoms with van der Waals surface area (Å²) >= 11 is 11.9. The van der Waals surface area contributed by atoms with Gasteiger partial charge in [-0.1, -0.05) is 23.2 Å². The zero-order valence-electron chi connectivity index (χ0n) is 19.8. The van der Waals surface area contributed by atoms with Gasteiger partial charge in [-0.15, -0.1) is 0 Å². The van der Waals surface area contributed by atoms with Crippen molar-refractivity contribution < 1.29 is 52.4 Å². The zero-order valence-corrected chi connectivity index (χ0v) is 21.3.